The molecule has 0 spiro atoms. The van der Waals surface area contributed by atoms with E-state index in [9.17, 15) is 14.3 Å². The molecular weight excluding hydrogens is 746 g/mol. The standard InChI is InChI=1S/C49H94NO7P/c1-3-5-7-9-11-13-15-17-19-21-22-23-24-25-27-29-31-33-35-37-39-41-44-54-46-48(47-56-58(52,53)55-45-43-50)57-49(51)42-40-38-36-34-32-30-28-26-20-18-16-14-12-10-8-6-4-2/h6,8,12,14,18,20,48H,3-5,7,9-11,13,15-17,19,21-47,50H2,1-2H3,(H,52,53)/b8-6-,14-12-,20-18-. The molecule has 3 N–H and O–H groups in total. The maximum Gasteiger partial charge on any atom is 0.472 e. The molecule has 0 aromatic heterocycles. The molecular formula is C49H94NO7P. The first-order valence-electron chi connectivity index (χ1n) is 24.5. The van der Waals surface area contributed by atoms with E-state index in [0.717, 1.165) is 57.8 Å². The van der Waals surface area contributed by atoms with Gasteiger partial charge in [-0.15, -0.1) is 0 Å². The minimum absolute atomic E-state index is 0.0965. The highest BCUT2D eigenvalue weighted by Crippen LogP contribution is 2.43. The lowest BCUT2D eigenvalue weighted by molar-refractivity contribution is -0.154. The molecule has 0 radical (unpaired) electrons. The quantitative estimate of drug-likeness (QED) is 0.0269. The molecule has 0 saturated carbocycles. The molecule has 0 amide bonds. The second-order valence-corrected chi connectivity index (χ2v) is 17.8. The summed E-state index contributed by atoms with van der Waals surface area (Å²) in [6.07, 6.45) is 54.6. The maximum atomic E-state index is 12.6. The number of hydrogen-bond acceptors (Lipinski definition) is 7. The van der Waals surface area contributed by atoms with Gasteiger partial charge < -0.3 is 20.1 Å². The molecule has 342 valence electrons. The summed E-state index contributed by atoms with van der Waals surface area (Å²) in [6.45, 7) is 4.84. The van der Waals surface area contributed by atoms with E-state index in [1.807, 2.05) is 0 Å². The van der Waals surface area contributed by atoms with E-state index in [4.69, 9.17) is 24.3 Å². The number of nitrogens with two attached hydrogens (primary N) is 1. The molecule has 58 heavy (non-hydrogen) atoms. The summed E-state index contributed by atoms with van der Waals surface area (Å²) in [5.74, 6) is -0.337. The molecule has 0 aliphatic heterocycles. The number of hydrogen-bond donors (Lipinski definition) is 2. The number of unbranched alkanes of at least 4 members (excludes halogenated alkanes) is 28. The SMILES string of the molecule is CC/C=C\C/C=C\C/C=C\CCCCCCCCCC(=O)OC(COCCCCCCCCCCCCCCCCCCCCCCCC)COP(=O)(O)OCCN. The Kier molecular flexibility index (Phi) is 45.7. The molecule has 0 aliphatic rings. The van der Waals surface area contributed by atoms with Gasteiger partial charge in [0.05, 0.1) is 19.8 Å². The Balaban J connectivity index is 3.93. The van der Waals surface area contributed by atoms with Crippen LogP contribution in [0.5, 0.6) is 0 Å². The molecule has 8 nitrogen and oxygen atoms in total. The van der Waals surface area contributed by atoms with Gasteiger partial charge in [0.2, 0.25) is 0 Å². The molecule has 2 atom stereocenters. The van der Waals surface area contributed by atoms with Crippen LogP contribution in [0.4, 0.5) is 0 Å². The van der Waals surface area contributed by atoms with Crippen LogP contribution in [0, 0.1) is 0 Å². The van der Waals surface area contributed by atoms with Gasteiger partial charge in [0.25, 0.3) is 0 Å². The molecule has 0 saturated heterocycles. The predicted molar refractivity (Wildman–Crippen MR) is 247 cm³/mol. The molecule has 0 aromatic rings. The normalized spacial score (nSPS) is 13.7. The molecule has 0 aromatic carbocycles. The van der Waals surface area contributed by atoms with Crippen LogP contribution < -0.4 is 5.73 Å². The first-order valence-corrected chi connectivity index (χ1v) is 26.0. The molecule has 0 bridgehead atoms. The van der Waals surface area contributed by atoms with Crippen molar-refractivity contribution in [2.45, 2.75) is 238 Å². The van der Waals surface area contributed by atoms with Crippen molar-refractivity contribution in [1.82, 2.24) is 0 Å². The van der Waals surface area contributed by atoms with E-state index in [0.29, 0.717) is 13.0 Å². The van der Waals surface area contributed by atoms with Crippen LogP contribution in [0.25, 0.3) is 0 Å². The van der Waals surface area contributed by atoms with E-state index in [-0.39, 0.29) is 32.3 Å². The fraction of sp³-hybridized carbons (Fsp3) is 0.857. The molecule has 2 unspecified atom stereocenters. The van der Waals surface area contributed by atoms with Gasteiger partial charge in [-0.25, -0.2) is 4.57 Å². The molecule has 0 aliphatic carbocycles. The second kappa shape index (κ2) is 46.8. The summed E-state index contributed by atoms with van der Waals surface area (Å²) >= 11 is 0. The van der Waals surface area contributed by atoms with Crippen LogP contribution in [0.15, 0.2) is 36.5 Å². The number of phosphoric ester groups is 1. The van der Waals surface area contributed by atoms with Crippen molar-refractivity contribution in [1.29, 1.82) is 0 Å². The van der Waals surface area contributed by atoms with Crippen LogP contribution in [0.1, 0.15) is 232 Å². The van der Waals surface area contributed by atoms with Crippen molar-refractivity contribution in [3.63, 3.8) is 0 Å². The van der Waals surface area contributed by atoms with Gasteiger partial charge in [-0.2, -0.15) is 0 Å². The summed E-state index contributed by atoms with van der Waals surface area (Å²) in [5.41, 5.74) is 5.38. The van der Waals surface area contributed by atoms with Crippen LogP contribution in [0.3, 0.4) is 0 Å². The predicted octanol–water partition coefficient (Wildman–Crippen LogP) is 15.0. The smallest absolute Gasteiger partial charge is 0.457 e. The monoisotopic (exact) mass is 840 g/mol. The lowest BCUT2D eigenvalue weighted by Crippen LogP contribution is -2.28. The Morgan fingerprint density at radius 1 is 0.534 bits per heavy atom. The average molecular weight is 840 g/mol. The zero-order valence-corrected chi connectivity index (χ0v) is 38.9. The fourth-order valence-corrected chi connectivity index (χ4v) is 7.78. The van der Waals surface area contributed by atoms with Gasteiger partial charge in [-0.3, -0.25) is 13.8 Å². The summed E-state index contributed by atoms with van der Waals surface area (Å²) in [6, 6.07) is 0. The Morgan fingerprint density at radius 3 is 1.45 bits per heavy atom. The second-order valence-electron chi connectivity index (χ2n) is 16.3. The summed E-state index contributed by atoms with van der Waals surface area (Å²) in [7, 11) is -4.28. The van der Waals surface area contributed by atoms with Crippen LogP contribution in [-0.4, -0.2) is 49.9 Å². The van der Waals surface area contributed by atoms with Gasteiger partial charge in [0.15, 0.2) is 0 Å². The van der Waals surface area contributed by atoms with E-state index in [2.05, 4.69) is 50.3 Å². The van der Waals surface area contributed by atoms with Crippen molar-refractivity contribution in [2.75, 3.05) is 33.0 Å². The molecule has 9 heteroatoms. The fourth-order valence-electron chi connectivity index (χ4n) is 7.01. The van der Waals surface area contributed by atoms with Crippen molar-refractivity contribution in [3.8, 4) is 0 Å². The summed E-state index contributed by atoms with van der Waals surface area (Å²) in [5, 5.41) is 0. The Morgan fingerprint density at radius 2 is 0.966 bits per heavy atom. The van der Waals surface area contributed by atoms with E-state index in [1.165, 1.54) is 154 Å². The first kappa shape index (κ1) is 56.7. The van der Waals surface area contributed by atoms with E-state index < -0.39 is 13.9 Å². The topological polar surface area (TPSA) is 117 Å². The highest BCUT2D eigenvalue weighted by atomic mass is 31.2. The van der Waals surface area contributed by atoms with Crippen LogP contribution in [0.2, 0.25) is 0 Å². The number of allylic oxidation sites excluding steroid dienone is 6. The van der Waals surface area contributed by atoms with Crippen molar-refractivity contribution < 1.29 is 32.8 Å². The third-order valence-electron chi connectivity index (χ3n) is 10.6. The van der Waals surface area contributed by atoms with Gasteiger partial charge in [-0.05, 0) is 44.9 Å². The Bertz CT molecular complexity index is 988. The number of esters is 1. The summed E-state index contributed by atoms with van der Waals surface area (Å²) < 4.78 is 33.5. The average Bonchev–Trinajstić information content (AvgIpc) is 3.21. The summed E-state index contributed by atoms with van der Waals surface area (Å²) in [4.78, 5) is 22.5. The van der Waals surface area contributed by atoms with Crippen molar-refractivity contribution >= 4 is 13.8 Å². The zero-order chi connectivity index (χ0) is 42.3. The van der Waals surface area contributed by atoms with Crippen molar-refractivity contribution in [3.05, 3.63) is 36.5 Å². The molecule has 0 fully saturated rings. The Hall–Kier alpha value is -1.28. The highest BCUT2D eigenvalue weighted by molar-refractivity contribution is 7.47. The lowest BCUT2D eigenvalue weighted by atomic mass is 10.0. The largest absolute Gasteiger partial charge is 0.472 e. The van der Waals surface area contributed by atoms with Gasteiger partial charge in [-0.1, -0.05) is 217 Å². The van der Waals surface area contributed by atoms with E-state index >= 15 is 0 Å². The zero-order valence-electron chi connectivity index (χ0n) is 38.0. The van der Waals surface area contributed by atoms with E-state index in [1.54, 1.807) is 0 Å². The molecule has 0 rings (SSSR count). The third-order valence-corrected chi connectivity index (χ3v) is 11.6. The number of rotatable bonds is 47. The van der Waals surface area contributed by atoms with Crippen LogP contribution in [-0.2, 0) is 27.9 Å². The number of ether oxygens (including phenoxy) is 2. The Labute approximate surface area is 358 Å². The highest BCUT2D eigenvalue weighted by Gasteiger charge is 2.25. The number of carbonyl (C=O) groups is 1. The van der Waals surface area contributed by atoms with Gasteiger partial charge in [0, 0.05) is 19.6 Å². The lowest BCUT2D eigenvalue weighted by Gasteiger charge is -2.20. The number of phosphoric acid groups is 1. The molecule has 0 heterocycles. The minimum atomic E-state index is -4.28. The third kappa shape index (κ3) is 45.8. The van der Waals surface area contributed by atoms with Crippen molar-refractivity contribution in [2.24, 2.45) is 5.73 Å². The van der Waals surface area contributed by atoms with Crippen LogP contribution >= 0.6 is 7.82 Å². The number of carbonyl (C=O) groups excluding carboxylic acids is 1. The van der Waals surface area contributed by atoms with Gasteiger partial charge >= 0.3 is 13.8 Å². The minimum Gasteiger partial charge on any atom is -0.457 e. The van der Waals surface area contributed by atoms with Gasteiger partial charge in [0.1, 0.15) is 6.10 Å². The first-order chi connectivity index (χ1) is 28.4. The maximum absolute atomic E-state index is 12.6.